The lowest BCUT2D eigenvalue weighted by atomic mass is 9.82. The van der Waals surface area contributed by atoms with Crippen molar-refractivity contribution in [3.8, 4) is 0 Å². The number of nitrogens with zero attached hydrogens (tertiary/aromatic N) is 2. The summed E-state index contributed by atoms with van der Waals surface area (Å²) in [4.78, 5) is 44.4. The van der Waals surface area contributed by atoms with Crippen molar-refractivity contribution < 1.29 is 23.9 Å². The zero-order valence-electron chi connectivity index (χ0n) is 19.6. The van der Waals surface area contributed by atoms with Crippen LogP contribution in [0, 0.1) is 5.82 Å². The molecule has 2 aromatic carbocycles. The quantitative estimate of drug-likeness (QED) is 0.356. The summed E-state index contributed by atoms with van der Waals surface area (Å²) < 4.78 is 13.1. The Labute approximate surface area is 207 Å². The van der Waals surface area contributed by atoms with Crippen LogP contribution in [0.25, 0.3) is 0 Å². The topological polar surface area (TPSA) is 149 Å². The monoisotopic (exact) mass is 496 g/mol. The van der Waals surface area contributed by atoms with Gasteiger partial charge in [0.15, 0.2) is 11.6 Å². The number of carbonyl (C=O) groups excluding carboxylic acids is 3. The summed E-state index contributed by atoms with van der Waals surface area (Å²) in [5, 5.41) is 18.0. The van der Waals surface area contributed by atoms with Gasteiger partial charge < -0.3 is 31.7 Å². The van der Waals surface area contributed by atoms with Crippen molar-refractivity contribution in [3.63, 3.8) is 0 Å². The van der Waals surface area contributed by atoms with Crippen LogP contribution < -0.4 is 21.7 Å². The summed E-state index contributed by atoms with van der Waals surface area (Å²) in [6.45, 7) is 2.50. The molecule has 0 spiro atoms. The third kappa shape index (κ3) is 5.37. The number of benzene rings is 2. The van der Waals surface area contributed by atoms with Crippen LogP contribution in [-0.4, -0.2) is 72.4 Å². The number of carbonyl (C=O) groups is 3. The number of anilines is 1. The Morgan fingerprint density at radius 2 is 1.78 bits per heavy atom. The molecule has 1 saturated heterocycles. The number of aliphatic imine (C=N–C) groups is 1. The van der Waals surface area contributed by atoms with Gasteiger partial charge in [-0.1, -0.05) is 12.1 Å². The summed E-state index contributed by atoms with van der Waals surface area (Å²) in [6.07, 6.45) is 2.44. The van der Waals surface area contributed by atoms with Gasteiger partial charge in [-0.05, 0) is 54.8 Å². The molecule has 2 aromatic rings. The Balaban J connectivity index is 1.42. The van der Waals surface area contributed by atoms with E-state index in [1.807, 2.05) is 0 Å². The molecule has 11 heteroatoms. The van der Waals surface area contributed by atoms with E-state index in [0.717, 1.165) is 13.1 Å². The fraction of sp³-hybridized carbons (Fsp3) is 0.360. The molecule has 2 heterocycles. The van der Waals surface area contributed by atoms with E-state index in [2.05, 4.69) is 25.8 Å². The standard InChI is InChI=1S/C25H29FN6O4/c26-18-5-1-16(2-6-18)22(34)31-19-7-3-17(4-8-19)25(24(27)36)21(29-15-30-25)23(35)28-11-14-32-12-9-20(33)10-13-32/h1-8,15,20-21,33H,9-14H2,(H2,27,36)(H,28,35)(H,29,30)(H,31,34). The highest BCUT2D eigenvalue weighted by Crippen LogP contribution is 2.31. The molecule has 2 aliphatic heterocycles. The molecule has 6 N–H and O–H groups in total. The van der Waals surface area contributed by atoms with Gasteiger partial charge in [0.1, 0.15) is 5.82 Å². The van der Waals surface area contributed by atoms with E-state index in [-0.39, 0.29) is 11.7 Å². The van der Waals surface area contributed by atoms with E-state index in [1.165, 1.54) is 30.6 Å². The number of amides is 3. The molecule has 10 nitrogen and oxygen atoms in total. The molecule has 0 aliphatic carbocycles. The number of halogens is 1. The van der Waals surface area contributed by atoms with Crippen LogP contribution in [0.1, 0.15) is 28.8 Å². The molecule has 3 amide bonds. The first-order chi connectivity index (χ1) is 17.3. The summed E-state index contributed by atoms with van der Waals surface area (Å²) in [5.41, 5.74) is 5.33. The first-order valence-corrected chi connectivity index (χ1v) is 11.7. The van der Waals surface area contributed by atoms with Gasteiger partial charge in [-0.15, -0.1) is 0 Å². The van der Waals surface area contributed by atoms with Crippen LogP contribution in [0.3, 0.4) is 0 Å². The minimum atomic E-state index is -1.58. The largest absolute Gasteiger partial charge is 0.393 e. The Hall–Kier alpha value is -3.83. The maximum absolute atomic E-state index is 13.1. The van der Waals surface area contributed by atoms with E-state index in [4.69, 9.17) is 5.73 Å². The average molecular weight is 497 g/mol. The molecular formula is C25H29FN6O4. The van der Waals surface area contributed by atoms with Gasteiger partial charge in [-0.2, -0.15) is 0 Å². The zero-order chi connectivity index (χ0) is 25.7. The smallest absolute Gasteiger partial charge is 0.255 e. The molecule has 2 aliphatic rings. The minimum Gasteiger partial charge on any atom is -0.393 e. The van der Waals surface area contributed by atoms with Crippen molar-refractivity contribution in [1.82, 2.24) is 15.5 Å². The first-order valence-electron chi connectivity index (χ1n) is 11.7. The molecule has 190 valence electrons. The van der Waals surface area contributed by atoms with Crippen molar-refractivity contribution in [3.05, 3.63) is 65.5 Å². The molecule has 2 unspecified atom stereocenters. The van der Waals surface area contributed by atoms with Crippen LogP contribution in [-0.2, 0) is 15.1 Å². The van der Waals surface area contributed by atoms with Crippen LogP contribution in [0.2, 0.25) is 0 Å². The second-order valence-corrected chi connectivity index (χ2v) is 8.90. The molecule has 0 radical (unpaired) electrons. The summed E-state index contributed by atoms with van der Waals surface area (Å²) in [7, 11) is 0. The number of hydrogen-bond donors (Lipinski definition) is 5. The van der Waals surface area contributed by atoms with Crippen molar-refractivity contribution in [2.24, 2.45) is 10.7 Å². The first kappa shape index (κ1) is 25.3. The van der Waals surface area contributed by atoms with Crippen LogP contribution in [0.4, 0.5) is 10.1 Å². The highest BCUT2D eigenvalue weighted by molar-refractivity contribution is 6.04. The third-order valence-electron chi connectivity index (χ3n) is 6.55. The van der Waals surface area contributed by atoms with E-state index >= 15 is 0 Å². The Morgan fingerprint density at radius 3 is 2.42 bits per heavy atom. The van der Waals surface area contributed by atoms with Gasteiger partial charge in [0, 0.05) is 37.4 Å². The number of primary amides is 1. The predicted molar refractivity (Wildman–Crippen MR) is 132 cm³/mol. The number of nitrogens with two attached hydrogens (primary N) is 1. The lowest BCUT2D eigenvalue weighted by Gasteiger charge is -2.32. The van der Waals surface area contributed by atoms with Gasteiger partial charge in [-0.25, -0.2) is 4.39 Å². The van der Waals surface area contributed by atoms with Gasteiger partial charge in [0.2, 0.25) is 5.91 Å². The fourth-order valence-corrected chi connectivity index (χ4v) is 4.46. The lowest BCUT2D eigenvalue weighted by Crippen LogP contribution is -2.60. The average Bonchev–Trinajstić information content (AvgIpc) is 3.33. The second-order valence-electron chi connectivity index (χ2n) is 8.90. The van der Waals surface area contributed by atoms with Gasteiger partial charge in [0.05, 0.1) is 12.4 Å². The van der Waals surface area contributed by atoms with Crippen molar-refractivity contribution in [1.29, 1.82) is 0 Å². The Kier molecular flexibility index (Phi) is 7.61. The zero-order valence-corrected chi connectivity index (χ0v) is 19.6. The number of aliphatic hydroxyl groups excluding tert-OH is 1. The lowest BCUT2D eigenvalue weighted by molar-refractivity contribution is -0.131. The molecule has 0 aromatic heterocycles. The van der Waals surface area contributed by atoms with Crippen LogP contribution >= 0.6 is 0 Å². The number of rotatable bonds is 8. The fourth-order valence-electron chi connectivity index (χ4n) is 4.46. The maximum Gasteiger partial charge on any atom is 0.255 e. The second kappa shape index (κ2) is 10.8. The normalized spacial score (nSPS) is 22.1. The van der Waals surface area contributed by atoms with Gasteiger partial charge in [0.25, 0.3) is 11.8 Å². The minimum absolute atomic E-state index is 0.270. The highest BCUT2D eigenvalue weighted by Gasteiger charge is 2.52. The van der Waals surface area contributed by atoms with E-state index in [0.29, 0.717) is 37.2 Å². The highest BCUT2D eigenvalue weighted by atomic mass is 19.1. The van der Waals surface area contributed by atoms with Gasteiger partial charge in [-0.3, -0.25) is 19.4 Å². The summed E-state index contributed by atoms with van der Waals surface area (Å²) >= 11 is 0. The SMILES string of the molecule is NC(=O)C1(c2ccc(NC(=O)c3ccc(F)cc3)cc2)NC=NC1C(=O)NCCN1CCC(O)CC1. The number of aliphatic hydroxyl groups is 1. The van der Waals surface area contributed by atoms with Crippen molar-refractivity contribution in [2.75, 3.05) is 31.5 Å². The number of hydrogen-bond acceptors (Lipinski definition) is 7. The summed E-state index contributed by atoms with van der Waals surface area (Å²) in [5.74, 6) is -2.08. The van der Waals surface area contributed by atoms with E-state index < -0.39 is 35.1 Å². The number of nitrogens with one attached hydrogen (secondary N) is 3. The van der Waals surface area contributed by atoms with Gasteiger partial charge >= 0.3 is 0 Å². The third-order valence-corrected chi connectivity index (χ3v) is 6.55. The molecule has 2 atom stereocenters. The Morgan fingerprint density at radius 1 is 1.11 bits per heavy atom. The molecule has 4 rings (SSSR count). The predicted octanol–water partition coefficient (Wildman–Crippen LogP) is 0.332. The van der Waals surface area contributed by atoms with E-state index in [9.17, 15) is 23.9 Å². The molecule has 0 bridgehead atoms. The number of piperidine rings is 1. The van der Waals surface area contributed by atoms with Crippen molar-refractivity contribution in [2.45, 2.75) is 30.5 Å². The molecular weight excluding hydrogens is 467 g/mol. The van der Waals surface area contributed by atoms with Crippen LogP contribution in [0.15, 0.2) is 53.5 Å². The maximum atomic E-state index is 13.1. The molecule has 36 heavy (non-hydrogen) atoms. The van der Waals surface area contributed by atoms with Crippen LogP contribution in [0.5, 0.6) is 0 Å². The van der Waals surface area contributed by atoms with Crippen molar-refractivity contribution >= 4 is 29.7 Å². The van der Waals surface area contributed by atoms with E-state index in [1.54, 1.807) is 24.3 Å². The molecule has 1 fully saturated rings. The Bertz CT molecular complexity index is 1130. The molecule has 0 saturated carbocycles. The number of likely N-dealkylation sites (tertiary alicyclic amines) is 1. The summed E-state index contributed by atoms with van der Waals surface area (Å²) in [6, 6.07) is 10.4.